The number of nitrogens with zero attached hydrogens (tertiary/aromatic N) is 2. The van der Waals surface area contributed by atoms with Gasteiger partial charge in [0.25, 0.3) is 0 Å². The van der Waals surface area contributed by atoms with Crippen LogP contribution in [0.3, 0.4) is 0 Å². The summed E-state index contributed by atoms with van der Waals surface area (Å²) in [4.78, 5) is 9.53. The van der Waals surface area contributed by atoms with Gasteiger partial charge in [0.1, 0.15) is 0 Å². The van der Waals surface area contributed by atoms with Crippen molar-refractivity contribution in [3.05, 3.63) is 95.6 Å². The molecule has 0 radical (unpaired) electrons. The molecule has 0 saturated carbocycles. The molecule has 0 amide bonds. The molecule has 0 fully saturated rings. The summed E-state index contributed by atoms with van der Waals surface area (Å²) < 4.78 is 0. The average molecular weight is 437 g/mol. The van der Waals surface area contributed by atoms with Crippen LogP contribution in [0.5, 0.6) is 0 Å². The summed E-state index contributed by atoms with van der Waals surface area (Å²) in [5.41, 5.74) is 4.65. The predicted octanol–water partition coefficient (Wildman–Crippen LogP) is 7.22. The van der Waals surface area contributed by atoms with Crippen molar-refractivity contribution in [1.29, 1.82) is 0 Å². The van der Waals surface area contributed by atoms with Crippen molar-refractivity contribution in [3.8, 4) is 0 Å². The minimum atomic E-state index is -0.490. The van der Waals surface area contributed by atoms with Gasteiger partial charge in [0.2, 0.25) is 0 Å². The van der Waals surface area contributed by atoms with Gasteiger partial charge in [-0.15, -0.1) is 9.24 Å². The van der Waals surface area contributed by atoms with Crippen molar-refractivity contribution in [2.75, 3.05) is 0 Å². The van der Waals surface area contributed by atoms with Gasteiger partial charge in [-0.05, 0) is 51.9 Å². The van der Waals surface area contributed by atoms with E-state index in [0.717, 1.165) is 17.5 Å². The highest BCUT2D eigenvalue weighted by Crippen LogP contribution is 2.62. The van der Waals surface area contributed by atoms with Gasteiger partial charge >= 0.3 is 0 Å². The van der Waals surface area contributed by atoms with Crippen LogP contribution >= 0.6 is 17.2 Å². The summed E-state index contributed by atoms with van der Waals surface area (Å²) in [6.45, 7) is 14.3. The van der Waals surface area contributed by atoms with Crippen LogP contribution in [0.15, 0.2) is 73.1 Å². The fourth-order valence-electron chi connectivity index (χ4n) is 4.29. The molecule has 0 N–H and O–H groups in total. The summed E-state index contributed by atoms with van der Waals surface area (Å²) >= 11 is 0. The van der Waals surface area contributed by atoms with Crippen LogP contribution in [0, 0.1) is 0 Å². The molecule has 3 aromatic rings. The topological polar surface area (TPSA) is 25.8 Å². The molecule has 4 heteroatoms. The van der Waals surface area contributed by atoms with Crippen LogP contribution in [0.2, 0.25) is 0 Å². The lowest BCUT2D eigenvalue weighted by molar-refractivity contribution is 0.701. The smallest absolute Gasteiger partial charge is 0.0935 e. The highest BCUT2D eigenvalue weighted by Gasteiger charge is 2.39. The fourth-order valence-corrected chi connectivity index (χ4v) is 8.49. The zero-order chi connectivity index (χ0) is 22.0. The molecule has 0 bridgehead atoms. The molecule has 0 aliphatic carbocycles. The van der Waals surface area contributed by atoms with E-state index in [1.165, 1.54) is 11.1 Å². The summed E-state index contributed by atoms with van der Waals surface area (Å²) in [6, 6.07) is 21.1. The molecule has 1 atom stereocenters. The highest BCUT2D eigenvalue weighted by atomic mass is 31.1. The first kappa shape index (κ1) is 23.1. The molecular weight excluding hydrogens is 402 g/mol. The van der Waals surface area contributed by atoms with Crippen molar-refractivity contribution < 1.29 is 0 Å². The lowest BCUT2D eigenvalue weighted by atomic mass is 9.87. The SMILES string of the molecule is CC(C)(C)P(Cc1ccccc1C(P)(c1ccccn1)c1ccccn1)C(C)(C)C. The molecule has 2 nitrogen and oxygen atoms in total. The third-order valence-corrected chi connectivity index (χ3v) is 10.3. The normalized spacial score (nSPS) is 12.9. The van der Waals surface area contributed by atoms with Gasteiger partial charge in [-0.25, -0.2) is 0 Å². The molecular formula is C26H34N2P2. The van der Waals surface area contributed by atoms with Gasteiger partial charge in [0.15, 0.2) is 0 Å². The summed E-state index contributed by atoms with van der Waals surface area (Å²) in [7, 11) is 2.83. The van der Waals surface area contributed by atoms with Crippen LogP contribution in [0.1, 0.15) is 64.1 Å². The zero-order valence-corrected chi connectivity index (χ0v) is 21.1. The molecule has 0 saturated heterocycles. The van der Waals surface area contributed by atoms with Crippen molar-refractivity contribution in [1.82, 2.24) is 9.97 Å². The Morgan fingerprint density at radius 2 is 1.17 bits per heavy atom. The van der Waals surface area contributed by atoms with Crippen LogP contribution < -0.4 is 0 Å². The lowest BCUT2D eigenvalue weighted by Crippen LogP contribution is -2.28. The van der Waals surface area contributed by atoms with E-state index in [9.17, 15) is 0 Å². The number of rotatable bonds is 5. The standard InChI is InChI=1S/C26H34N2P2/c1-24(2,3)30(25(4,5)6)19-20-13-7-8-14-21(20)26(29,22-15-9-11-17-27-22)23-16-10-12-18-28-23/h7-18H,19,29H2,1-6H3. The van der Waals surface area contributed by atoms with Gasteiger partial charge in [0.05, 0.1) is 16.5 Å². The van der Waals surface area contributed by atoms with E-state index < -0.39 is 5.16 Å². The lowest BCUT2D eigenvalue weighted by Gasteiger charge is -2.42. The second-order valence-corrected chi connectivity index (χ2v) is 14.5. The fraction of sp³-hybridized carbons (Fsp3) is 0.385. The largest absolute Gasteiger partial charge is 0.260 e. The van der Waals surface area contributed by atoms with Gasteiger partial charge in [-0.1, -0.05) is 85.9 Å². The molecule has 2 aromatic heterocycles. The molecule has 2 heterocycles. The Balaban J connectivity index is 2.20. The number of hydrogen-bond donors (Lipinski definition) is 0. The Labute approximate surface area is 185 Å². The van der Waals surface area contributed by atoms with Gasteiger partial charge in [-0.2, -0.15) is 0 Å². The highest BCUT2D eigenvalue weighted by molar-refractivity contribution is 7.60. The van der Waals surface area contributed by atoms with Crippen molar-refractivity contribution in [3.63, 3.8) is 0 Å². The second-order valence-electron chi connectivity index (χ2n) is 9.82. The molecule has 0 spiro atoms. The maximum absolute atomic E-state index is 4.77. The first-order valence-corrected chi connectivity index (χ1v) is 12.6. The van der Waals surface area contributed by atoms with Gasteiger partial charge in [0, 0.05) is 12.4 Å². The average Bonchev–Trinajstić information content (AvgIpc) is 2.71. The van der Waals surface area contributed by atoms with E-state index >= 15 is 0 Å². The van der Waals surface area contributed by atoms with Crippen LogP contribution in [0.25, 0.3) is 0 Å². The molecule has 1 unspecified atom stereocenters. The predicted molar refractivity (Wildman–Crippen MR) is 135 cm³/mol. The quantitative estimate of drug-likeness (QED) is 0.395. The number of benzene rings is 1. The molecule has 158 valence electrons. The number of aromatic nitrogens is 2. The summed E-state index contributed by atoms with van der Waals surface area (Å²) in [5.74, 6) is 0. The van der Waals surface area contributed by atoms with Crippen LogP contribution in [-0.4, -0.2) is 20.3 Å². The minimum absolute atomic E-state index is 0.264. The summed E-state index contributed by atoms with van der Waals surface area (Å²) in [5, 5.41) is 0.0380. The molecule has 1 aromatic carbocycles. The Kier molecular flexibility index (Phi) is 6.81. The Morgan fingerprint density at radius 3 is 1.60 bits per heavy atom. The van der Waals surface area contributed by atoms with Gasteiger partial charge < -0.3 is 0 Å². The second kappa shape index (κ2) is 8.86. The first-order chi connectivity index (χ1) is 14.0. The summed E-state index contributed by atoms with van der Waals surface area (Å²) in [6.07, 6.45) is 4.82. The monoisotopic (exact) mass is 436 g/mol. The van der Waals surface area contributed by atoms with E-state index in [1.54, 1.807) is 0 Å². The number of pyridine rings is 2. The third kappa shape index (κ3) is 4.82. The van der Waals surface area contributed by atoms with Crippen LogP contribution in [0.4, 0.5) is 0 Å². The first-order valence-electron chi connectivity index (χ1n) is 10.5. The van der Waals surface area contributed by atoms with E-state index in [2.05, 4.69) is 99.3 Å². The van der Waals surface area contributed by atoms with Crippen molar-refractivity contribution in [2.24, 2.45) is 0 Å². The van der Waals surface area contributed by atoms with E-state index in [1.807, 2.05) is 24.5 Å². The van der Waals surface area contributed by atoms with E-state index in [-0.39, 0.29) is 18.2 Å². The van der Waals surface area contributed by atoms with Crippen molar-refractivity contribution >= 4 is 17.2 Å². The molecule has 0 aliphatic rings. The number of hydrogen-bond acceptors (Lipinski definition) is 2. The van der Waals surface area contributed by atoms with E-state index in [4.69, 9.17) is 9.97 Å². The van der Waals surface area contributed by atoms with Gasteiger partial charge in [-0.3, -0.25) is 9.97 Å². The van der Waals surface area contributed by atoms with Crippen molar-refractivity contribution in [2.45, 2.75) is 63.2 Å². The Morgan fingerprint density at radius 1 is 0.700 bits per heavy atom. The minimum Gasteiger partial charge on any atom is -0.260 e. The molecule has 0 aliphatic heterocycles. The zero-order valence-electron chi connectivity index (χ0n) is 19.1. The third-order valence-electron chi connectivity index (χ3n) is 5.53. The molecule has 3 rings (SSSR count). The Bertz CT molecular complexity index is 904. The maximum atomic E-state index is 4.77. The maximum Gasteiger partial charge on any atom is 0.0935 e. The van der Waals surface area contributed by atoms with Crippen LogP contribution in [-0.2, 0) is 11.3 Å². The molecule has 30 heavy (non-hydrogen) atoms. The van der Waals surface area contributed by atoms with E-state index in [0.29, 0.717) is 0 Å². The Hall–Kier alpha value is -1.62.